The monoisotopic (exact) mass is 470 g/mol. The molecule has 0 aliphatic carbocycles. The van der Waals surface area contributed by atoms with Crippen molar-refractivity contribution in [2.24, 2.45) is 0 Å². The molecule has 1 unspecified atom stereocenters. The molecule has 2 aromatic carbocycles. The van der Waals surface area contributed by atoms with E-state index in [1.807, 2.05) is 0 Å². The Balaban J connectivity index is 1.76. The van der Waals surface area contributed by atoms with E-state index in [1.54, 1.807) is 24.3 Å². The van der Waals surface area contributed by atoms with Crippen molar-refractivity contribution in [1.82, 2.24) is 10.3 Å². The molecule has 0 radical (unpaired) electrons. The first-order valence-electron chi connectivity index (χ1n) is 9.21. The molecule has 0 saturated carbocycles. The summed E-state index contributed by atoms with van der Waals surface area (Å²) in [5, 5.41) is 13.2. The number of aromatic amines is 1. The number of halogens is 4. The molecule has 5 nitrogen and oxygen atoms in total. The van der Waals surface area contributed by atoms with E-state index >= 15 is 0 Å². The van der Waals surface area contributed by atoms with E-state index in [9.17, 15) is 27.9 Å². The largest absolute Gasteiger partial charge is 0.494 e. The molecule has 3 N–H and O–H groups in total. The van der Waals surface area contributed by atoms with E-state index in [-0.39, 0.29) is 31.0 Å². The Labute approximate surface area is 184 Å². The van der Waals surface area contributed by atoms with E-state index in [0.29, 0.717) is 21.0 Å². The summed E-state index contributed by atoms with van der Waals surface area (Å²) in [6.07, 6.45) is -4.03. The molecular weight excluding hydrogens is 453 g/mol. The second-order valence-corrected chi connectivity index (χ2v) is 8.46. The first kappa shape index (κ1) is 22.9. The number of aromatic nitrogens is 1. The minimum Gasteiger partial charge on any atom is -0.494 e. The summed E-state index contributed by atoms with van der Waals surface area (Å²) in [6, 6.07) is 10.9. The van der Waals surface area contributed by atoms with Crippen molar-refractivity contribution in [3.05, 3.63) is 84.8 Å². The number of H-pyrrole nitrogens is 1. The van der Waals surface area contributed by atoms with E-state index in [2.05, 4.69) is 10.3 Å². The van der Waals surface area contributed by atoms with Gasteiger partial charge in [0.15, 0.2) is 0 Å². The average molecular weight is 471 g/mol. The van der Waals surface area contributed by atoms with Crippen LogP contribution in [0.2, 0.25) is 5.02 Å². The molecule has 0 fully saturated rings. The molecule has 164 valence electrons. The summed E-state index contributed by atoms with van der Waals surface area (Å²) in [5.41, 5.74) is 0.509. The fourth-order valence-corrected chi connectivity index (χ4v) is 4.13. The molecule has 1 atom stereocenters. The van der Waals surface area contributed by atoms with Crippen LogP contribution in [0.4, 0.5) is 13.2 Å². The van der Waals surface area contributed by atoms with Crippen molar-refractivity contribution in [1.29, 1.82) is 0 Å². The Kier molecular flexibility index (Phi) is 7.07. The third-order valence-electron chi connectivity index (χ3n) is 4.51. The van der Waals surface area contributed by atoms with Crippen LogP contribution in [0.15, 0.2) is 53.3 Å². The molecular formula is C21H18ClF3N2O3S. The van der Waals surface area contributed by atoms with E-state index in [1.165, 1.54) is 12.1 Å². The van der Waals surface area contributed by atoms with Gasteiger partial charge in [0.1, 0.15) is 0 Å². The zero-order valence-electron chi connectivity index (χ0n) is 16.0. The normalized spacial score (nSPS) is 12.5. The van der Waals surface area contributed by atoms with Gasteiger partial charge in [-0.1, -0.05) is 47.2 Å². The standard InChI is InChI=1S/C21H18ClF3N2O3S/c22-15-3-1-2-13(8-15)10-18(28)26-16(11-17-19(29)27-20(30)31-17)9-12-4-6-14(7-5-12)21(23,24)25/h1-8,16,29H,9-11H2,(H,26,28)(H,27,30). The Morgan fingerprint density at radius 3 is 2.42 bits per heavy atom. The molecule has 10 heteroatoms. The number of nitrogens with one attached hydrogen (secondary N) is 2. The van der Waals surface area contributed by atoms with Gasteiger partial charge in [-0.25, -0.2) is 0 Å². The Bertz CT molecular complexity index is 1110. The Hall–Kier alpha value is -2.78. The Morgan fingerprint density at radius 2 is 1.84 bits per heavy atom. The predicted octanol–water partition coefficient (Wildman–Crippen LogP) is 4.33. The third-order valence-corrected chi connectivity index (χ3v) is 5.64. The highest BCUT2D eigenvalue weighted by molar-refractivity contribution is 7.09. The van der Waals surface area contributed by atoms with E-state index in [0.717, 1.165) is 23.5 Å². The molecule has 1 aromatic heterocycles. The van der Waals surface area contributed by atoms with Crippen LogP contribution in [-0.4, -0.2) is 22.0 Å². The number of rotatable bonds is 7. The molecule has 1 heterocycles. The summed E-state index contributed by atoms with van der Waals surface area (Å²) in [6.45, 7) is 0. The number of carbonyl (C=O) groups is 1. The molecule has 0 aliphatic heterocycles. The average Bonchev–Trinajstić information content (AvgIpc) is 2.98. The number of hydrogen-bond acceptors (Lipinski definition) is 4. The summed E-state index contributed by atoms with van der Waals surface area (Å²) < 4.78 is 38.4. The van der Waals surface area contributed by atoms with Gasteiger partial charge in [0.25, 0.3) is 0 Å². The van der Waals surface area contributed by atoms with Crippen molar-refractivity contribution in [3.8, 4) is 5.88 Å². The number of alkyl halides is 3. The van der Waals surface area contributed by atoms with Crippen LogP contribution in [0.5, 0.6) is 5.88 Å². The van der Waals surface area contributed by atoms with Crippen LogP contribution in [0.1, 0.15) is 21.6 Å². The van der Waals surface area contributed by atoms with Crippen molar-refractivity contribution in [2.75, 3.05) is 0 Å². The van der Waals surface area contributed by atoms with Crippen LogP contribution >= 0.6 is 22.9 Å². The molecule has 3 rings (SSSR count). The zero-order chi connectivity index (χ0) is 22.6. The molecule has 1 amide bonds. The third kappa shape index (κ3) is 6.60. The van der Waals surface area contributed by atoms with Crippen molar-refractivity contribution < 1.29 is 23.1 Å². The highest BCUT2D eigenvalue weighted by Gasteiger charge is 2.30. The van der Waals surface area contributed by atoms with Crippen LogP contribution in [0.25, 0.3) is 0 Å². The van der Waals surface area contributed by atoms with Crippen molar-refractivity contribution in [2.45, 2.75) is 31.5 Å². The molecule has 3 aromatic rings. The first-order valence-corrected chi connectivity index (χ1v) is 10.4. The highest BCUT2D eigenvalue weighted by atomic mass is 35.5. The number of carbonyl (C=O) groups excluding carboxylic acids is 1. The van der Waals surface area contributed by atoms with Gasteiger partial charge in [0, 0.05) is 17.5 Å². The van der Waals surface area contributed by atoms with Gasteiger partial charge in [0.2, 0.25) is 11.8 Å². The predicted molar refractivity (Wildman–Crippen MR) is 113 cm³/mol. The minimum atomic E-state index is -4.44. The van der Waals surface area contributed by atoms with Gasteiger partial charge in [-0.2, -0.15) is 13.2 Å². The van der Waals surface area contributed by atoms with Crippen molar-refractivity contribution >= 4 is 28.8 Å². The SMILES string of the molecule is O=C(Cc1cccc(Cl)c1)NC(Cc1ccc(C(F)(F)F)cc1)Cc1sc(=O)[nH]c1O. The van der Waals surface area contributed by atoms with Gasteiger partial charge in [-0.15, -0.1) is 0 Å². The summed E-state index contributed by atoms with van der Waals surface area (Å²) >= 11 is 6.76. The fourth-order valence-electron chi connectivity index (χ4n) is 3.11. The van der Waals surface area contributed by atoms with Crippen LogP contribution in [0.3, 0.4) is 0 Å². The zero-order valence-corrected chi connectivity index (χ0v) is 17.6. The fraction of sp³-hybridized carbons (Fsp3) is 0.238. The first-order chi connectivity index (χ1) is 14.6. The van der Waals surface area contributed by atoms with Crippen LogP contribution < -0.4 is 10.2 Å². The maximum Gasteiger partial charge on any atom is 0.416 e. The molecule has 0 aliphatic rings. The highest BCUT2D eigenvalue weighted by Crippen LogP contribution is 2.29. The minimum absolute atomic E-state index is 0.0550. The summed E-state index contributed by atoms with van der Waals surface area (Å²) in [5.74, 6) is -0.599. The lowest BCUT2D eigenvalue weighted by Gasteiger charge is -2.19. The second kappa shape index (κ2) is 9.57. The molecule has 31 heavy (non-hydrogen) atoms. The van der Waals surface area contributed by atoms with E-state index in [4.69, 9.17) is 11.6 Å². The van der Waals surface area contributed by atoms with Crippen LogP contribution in [0, 0.1) is 0 Å². The summed E-state index contributed by atoms with van der Waals surface area (Å²) in [7, 11) is 0. The second-order valence-electron chi connectivity index (χ2n) is 6.96. The maximum atomic E-state index is 12.8. The quantitative estimate of drug-likeness (QED) is 0.481. The van der Waals surface area contributed by atoms with Gasteiger partial charge in [-0.3, -0.25) is 14.6 Å². The molecule has 0 saturated heterocycles. The lowest BCUT2D eigenvalue weighted by molar-refractivity contribution is -0.137. The number of thiazole rings is 1. The number of amides is 1. The molecule has 0 spiro atoms. The molecule has 0 bridgehead atoms. The maximum absolute atomic E-state index is 12.8. The topological polar surface area (TPSA) is 82.2 Å². The van der Waals surface area contributed by atoms with Gasteiger partial charge < -0.3 is 10.4 Å². The summed E-state index contributed by atoms with van der Waals surface area (Å²) in [4.78, 5) is 26.2. The number of hydrogen-bond donors (Lipinski definition) is 3. The number of aromatic hydroxyl groups is 1. The lowest BCUT2D eigenvalue weighted by Crippen LogP contribution is -2.38. The lowest BCUT2D eigenvalue weighted by atomic mass is 10.0. The van der Waals surface area contributed by atoms with Gasteiger partial charge in [-0.05, 0) is 41.8 Å². The smallest absolute Gasteiger partial charge is 0.416 e. The van der Waals surface area contributed by atoms with Gasteiger partial charge >= 0.3 is 11.0 Å². The number of benzene rings is 2. The Morgan fingerprint density at radius 1 is 1.13 bits per heavy atom. The van der Waals surface area contributed by atoms with Crippen molar-refractivity contribution in [3.63, 3.8) is 0 Å². The van der Waals surface area contributed by atoms with E-state index < -0.39 is 22.7 Å². The van der Waals surface area contributed by atoms with Crippen LogP contribution in [-0.2, 0) is 30.2 Å². The van der Waals surface area contributed by atoms with Gasteiger partial charge in [0.05, 0.1) is 16.9 Å².